The van der Waals surface area contributed by atoms with E-state index in [0.717, 1.165) is 6.07 Å². The quantitative estimate of drug-likeness (QED) is 0.623. The van der Waals surface area contributed by atoms with Gasteiger partial charge in [-0.05, 0) is 40.8 Å². The van der Waals surface area contributed by atoms with E-state index in [1.54, 1.807) is 0 Å². The first kappa shape index (κ1) is 15.9. The van der Waals surface area contributed by atoms with Crippen LogP contribution in [0.25, 0.3) is 0 Å². The lowest BCUT2D eigenvalue weighted by Crippen LogP contribution is -2.21. The zero-order valence-electron chi connectivity index (χ0n) is 7.89. The highest BCUT2D eigenvalue weighted by Gasteiger charge is 2.31. The van der Waals surface area contributed by atoms with Crippen molar-refractivity contribution in [1.29, 1.82) is 0 Å². The second kappa shape index (κ2) is 6.02. The molecule has 0 aliphatic heterocycles. The molecule has 2 N–H and O–H groups in total. The molecule has 1 aromatic carbocycles. The normalized spacial score (nSPS) is 13.1. The Morgan fingerprint density at radius 2 is 1.88 bits per heavy atom. The number of benzene rings is 1. The molecule has 1 nitrogen and oxygen atoms in total. The van der Waals surface area contributed by atoms with E-state index < -0.39 is 24.5 Å². The van der Waals surface area contributed by atoms with E-state index in [2.05, 4.69) is 0 Å². The molecule has 1 atom stereocenters. The van der Waals surface area contributed by atoms with Crippen molar-refractivity contribution in [3.63, 3.8) is 0 Å². The third kappa shape index (κ3) is 4.84. The van der Waals surface area contributed by atoms with Crippen molar-refractivity contribution in [2.24, 2.45) is 5.73 Å². The van der Waals surface area contributed by atoms with Gasteiger partial charge in [0.2, 0.25) is 0 Å². The van der Waals surface area contributed by atoms with E-state index in [9.17, 15) is 17.6 Å². The summed E-state index contributed by atoms with van der Waals surface area (Å²) < 4.78 is 49.9. The predicted octanol–water partition coefficient (Wildman–Crippen LogP) is 3.80. The van der Waals surface area contributed by atoms with Crippen LogP contribution in [0, 0.1) is 9.39 Å². The van der Waals surface area contributed by atoms with Crippen LogP contribution in [0.15, 0.2) is 18.2 Å². The van der Waals surface area contributed by atoms with Gasteiger partial charge < -0.3 is 5.73 Å². The third-order valence-electron chi connectivity index (χ3n) is 1.81. The van der Waals surface area contributed by atoms with Crippen LogP contribution in [0.2, 0.25) is 0 Å². The van der Waals surface area contributed by atoms with Crippen LogP contribution < -0.4 is 5.73 Å². The summed E-state index contributed by atoms with van der Waals surface area (Å²) in [5.41, 5.74) is 5.19. The van der Waals surface area contributed by atoms with Gasteiger partial charge in [0.25, 0.3) is 0 Å². The maximum absolute atomic E-state index is 13.1. The molecule has 0 aromatic heterocycles. The van der Waals surface area contributed by atoms with Crippen molar-refractivity contribution in [3.8, 4) is 0 Å². The number of alkyl halides is 3. The van der Waals surface area contributed by atoms with Crippen molar-refractivity contribution in [1.82, 2.24) is 0 Å². The van der Waals surface area contributed by atoms with E-state index in [4.69, 9.17) is 5.73 Å². The molecular weight excluding hydrogens is 360 g/mol. The van der Waals surface area contributed by atoms with Crippen molar-refractivity contribution in [3.05, 3.63) is 33.1 Å². The predicted molar refractivity (Wildman–Crippen MR) is 64.0 cm³/mol. The zero-order valence-corrected chi connectivity index (χ0v) is 10.9. The molecule has 1 aromatic rings. The molecule has 16 heavy (non-hydrogen) atoms. The van der Waals surface area contributed by atoms with Gasteiger partial charge in [0.05, 0.1) is 6.42 Å². The maximum Gasteiger partial charge on any atom is 0.390 e. The molecule has 0 unspecified atom stereocenters. The van der Waals surface area contributed by atoms with Crippen LogP contribution in [0.5, 0.6) is 0 Å². The van der Waals surface area contributed by atoms with Gasteiger partial charge in [-0.2, -0.15) is 13.2 Å². The molecule has 0 aliphatic rings. The molecule has 0 aliphatic carbocycles. The summed E-state index contributed by atoms with van der Waals surface area (Å²) in [5, 5.41) is 0. The van der Waals surface area contributed by atoms with Crippen molar-refractivity contribution < 1.29 is 17.6 Å². The average Bonchev–Trinajstić information content (AvgIpc) is 2.06. The fourth-order valence-corrected chi connectivity index (χ4v) is 1.67. The molecule has 0 heterocycles. The van der Waals surface area contributed by atoms with Crippen molar-refractivity contribution >= 4 is 35.0 Å². The highest BCUT2D eigenvalue weighted by molar-refractivity contribution is 14.1. The molecule has 0 saturated carbocycles. The molecular formula is C9H9ClF4IN. The largest absolute Gasteiger partial charge is 0.390 e. The lowest BCUT2D eigenvalue weighted by molar-refractivity contribution is -0.138. The standard InChI is InChI=1S/C9H8F4IN.ClH/c10-7-2-1-5(14)3-6(7)8(15)4-9(11,12)13;/h1-3,8H,4,15H2;1H/t8-;/m0./s1. The molecule has 0 fully saturated rings. The Labute approximate surface area is 110 Å². The lowest BCUT2D eigenvalue weighted by Gasteiger charge is -2.15. The number of hydrogen-bond donors (Lipinski definition) is 1. The van der Waals surface area contributed by atoms with Gasteiger partial charge in [-0.1, -0.05) is 0 Å². The summed E-state index contributed by atoms with van der Waals surface area (Å²) in [7, 11) is 0. The van der Waals surface area contributed by atoms with Crippen molar-refractivity contribution in [2.45, 2.75) is 18.6 Å². The summed E-state index contributed by atoms with van der Waals surface area (Å²) in [6.45, 7) is 0. The average molecular weight is 370 g/mol. The lowest BCUT2D eigenvalue weighted by atomic mass is 10.0. The molecule has 0 spiro atoms. The van der Waals surface area contributed by atoms with Gasteiger partial charge >= 0.3 is 6.18 Å². The number of hydrogen-bond acceptors (Lipinski definition) is 1. The highest BCUT2D eigenvalue weighted by Crippen LogP contribution is 2.29. The summed E-state index contributed by atoms with van der Waals surface area (Å²) in [6.07, 6.45) is -5.60. The van der Waals surface area contributed by atoms with Gasteiger partial charge in [-0.15, -0.1) is 12.4 Å². The van der Waals surface area contributed by atoms with Crippen LogP contribution in [0.1, 0.15) is 18.0 Å². The molecule has 1 rings (SSSR count). The molecule has 0 radical (unpaired) electrons. The van der Waals surface area contributed by atoms with Gasteiger partial charge in [-0.3, -0.25) is 0 Å². The summed E-state index contributed by atoms with van der Waals surface area (Å²) in [4.78, 5) is 0. The fraction of sp³-hybridized carbons (Fsp3) is 0.333. The van der Waals surface area contributed by atoms with E-state index in [0.29, 0.717) is 3.57 Å². The first-order valence-corrected chi connectivity index (χ1v) is 5.15. The number of halogens is 6. The van der Waals surface area contributed by atoms with E-state index >= 15 is 0 Å². The summed E-state index contributed by atoms with van der Waals surface area (Å²) in [6, 6.07) is 2.57. The Hall–Kier alpha value is -0.0800. The molecule has 7 heteroatoms. The molecule has 92 valence electrons. The number of nitrogens with two attached hydrogens (primary N) is 1. The van der Waals surface area contributed by atoms with Crippen LogP contribution >= 0.6 is 35.0 Å². The van der Waals surface area contributed by atoms with E-state index in [1.165, 1.54) is 12.1 Å². The maximum atomic E-state index is 13.1. The smallest absolute Gasteiger partial charge is 0.324 e. The Morgan fingerprint density at radius 1 is 1.31 bits per heavy atom. The fourth-order valence-electron chi connectivity index (χ4n) is 1.16. The summed E-state index contributed by atoms with van der Waals surface area (Å²) >= 11 is 1.89. The summed E-state index contributed by atoms with van der Waals surface area (Å²) in [5.74, 6) is -0.702. The minimum absolute atomic E-state index is 0. The molecule has 0 saturated heterocycles. The molecule has 0 amide bonds. The number of rotatable bonds is 2. The van der Waals surface area contributed by atoms with Crippen LogP contribution in [0.4, 0.5) is 17.6 Å². The van der Waals surface area contributed by atoms with Crippen LogP contribution in [0.3, 0.4) is 0 Å². The SMILES string of the molecule is Cl.N[C@@H](CC(F)(F)F)c1cc(I)ccc1F. The van der Waals surface area contributed by atoms with Gasteiger partial charge in [0.15, 0.2) is 0 Å². The van der Waals surface area contributed by atoms with E-state index in [-0.39, 0.29) is 18.0 Å². The zero-order chi connectivity index (χ0) is 11.6. The minimum atomic E-state index is -4.38. The molecule has 0 bridgehead atoms. The Morgan fingerprint density at radius 3 is 2.38 bits per heavy atom. The first-order valence-electron chi connectivity index (χ1n) is 4.07. The second-order valence-corrected chi connectivity index (χ2v) is 4.34. The highest BCUT2D eigenvalue weighted by atomic mass is 127. The second-order valence-electron chi connectivity index (χ2n) is 3.09. The third-order valence-corrected chi connectivity index (χ3v) is 2.48. The monoisotopic (exact) mass is 369 g/mol. The van der Waals surface area contributed by atoms with Gasteiger partial charge in [0.1, 0.15) is 5.82 Å². The Bertz CT molecular complexity index is 356. The minimum Gasteiger partial charge on any atom is -0.324 e. The Kier molecular flexibility index (Phi) is 5.99. The van der Waals surface area contributed by atoms with Gasteiger partial charge in [-0.25, -0.2) is 4.39 Å². The van der Waals surface area contributed by atoms with Crippen LogP contribution in [-0.4, -0.2) is 6.18 Å². The van der Waals surface area contributed by atoms with Crippen molar-refractivity contribution in [2.75, 3.05) is 0 Å². The van der Waals surface area contributed by atoms with E-state index in [1.807, 2.05) is 22.6 Å². The Balaban J connectivity index is 0.00000225. The van der Waals surface area contributed by atoms with Crippen LogP contribution in [-0.2, 0) is 0 Å². The van der Waals surface area contributed by atoms with Gasteiger partial charge in [0, 0.05) is 15.2 Å². The first-order chi connectivity index (χ1) is 6.79. The topological polar surface area (TPSA) is 26.0 Å².